The highest BCUT2D eigenvalue weighted by molar-refractivity contribution is 14.0. The summed E-state index contributed by atoms with van der Waals surface area (Å²) in [4.78, 5) is 7.18. The Bertz CT molecular complexity index is 672. The zero-order valence-electron chi connectivity index (χ0n) is 17.3. The van der Waals surface area contributed by atoms with Gasteiger partial charge in [-0.2, -0.15) is 17.5 Å². The topological polar surface area (TPSA) is 77.0 Å². The molecule has 0 aromatic carbocycles. The van der Waals surface area contributed by atoms with Crippen molar-refractivity contribution >= 4 is 40.0 Å². The zero-order valence-corrected chi connectivity index (χ0v) is 20.5. The van der Waals surface area contributed by atoms with Crippen LogP contribution in [0.5, 0.6) is 0 Å². The van der Waals surface area contributed by atoms with Gasteiger partial charge in [0, 0.05) is 51.4 Å². The Morgan fingerprint density at radius 3 is 2.13 bits per heavy atom. The summed E-state index contributed by atoms with van der Waals surface area (Å²) in [5.41, 5.74) is -5.23. The van der Waals surface area contributed by atoms with E-state index in [1.807, 2.05) is 6.92 Å². The summed E-state index contributed by atoms with van der Waals surface area (Å²) >= 11 is 0. The Labute approximate surface area is 194 Å². The van der Waals surface area contributed by atoms with Crippen molar-refractivity contribution < 1.29 is 21.6 Å². The van der Waals surface area contributed by atoms with Crippen LogP contribution in [0.3, 0.4) is 0 Å². The van der Waals surface area contributed by atoms with Crippen LogP contribution in [0.25, 0.3) is 0 Å². The van der Waals surface area contributed by atoms with E-state index < -0.39 is 15.5 Å². The molecule has 3 fully saturated rings. The molecule has 12 heteroatoms. The number of alkyl halides is 3. The standard InChI is InChI=1S/C18H32F3N5O2S.HI/c1-2-22-17(24-15-7-9-25(10-8-15)16-3-4-16)23-13-14-5-11-26(12-6-14)29(27,28)18(19,20)21;/h14-16H,2-13H2,1H3,(H2,22,23,24);1H. The van der Waals surface area contributed by atoms with Crippen molar-refractivity contribution in [3.8, 4) is 0 Å². The highest BCUT2D eigenvalue weighted by atomic mass is 127. The Kier molecular flexibility index (Phi) is 9.50. The number of rotatable bonds is 6. The molecule has 2 saturated heterocycles. The number of nitrogens with one attached hydrogen (secondary N) is 2. The van der Waals surface area contributed by atoms with Crippen molar-refractivity contribution in [1.29, 1.82) is 0 Å². The molecule has 0 bridgehead atoms. The van der Waals surface area contributed by atoms with E-state index in [0.717, 1.165) is 44.5 Å². The molecular weight excluding hydrogens is 534 g/mol. The summed E-state index contributed by atoms with van der Waals surface area (Å²) in [6.07, 6.45) is 5.58. The van der Waals surface area contributed by atoms with Gasteiger partial charge in [0.1, 0.15) is 0 Å². The molecule has 2 aliphatic heterocycles. The summed E-state index contributed by atoms with van der Waals surface area (Å²) in [5, 5.41) is 6.73. The van der Waals surface area contributed by atoms with Crippen LogP contribution in [0.4, 0.5) is 13.2 Å². The predicted molar refractivity (Wildman–Crippen MR) is 121 cm³/mol. The molecule has 176 valence electrons. The van der Waals surface area contributed by atoms with Gasteiger partial charge in [0.2, 0.25) is 0 Å². The zero-order chi connectivity index (χ0) is 21.1. The van der Waals surface area contributed by atoms with Gasteiger partial charge in [-0.15, -0.1) is 24.0 Å². The highest BCUT2D eigenvalue weighted by Gasteiger charge is 2.50. The van der Waals surface area contributed by atoms with E-state index in [9.17, 15) is 21.6 Å². The molecule has 2 N–H and O–H groups in total. The van der Waals surface area contributed by atoms with E-state index in [4.69, 9.17) is 0 Å². The van der Waals surface area contributed by atoms with Gasteiger partial charge in [-0.05, 0) is 51.4 Å². The van der Waals surface area contributed by atoms with Crippen LogP contribution in [-0.4, -0.2) is 80.4 Å². The molecule has 1 saturated carbocycles. The summed E-state index contributed by atoms with van der Waals surface area (Å²) in [6, 6.07) is 1.17. The molecule has 2 heterocycles. The fourth-order valence-corrected chi connectivity index (χ4v) is 5.05. The van der Waals surface area contributed by atoms with Gasteiger partial charge in [0.25, 0.3) is 0 Å². The lowest BCUT2D eigenvalue weighted by Gasteiger charge is -2.33. The van der Waals surface area contributed by atoms with E-state index in [2.05, 4.69) is 20.5 Å². The SMILES string of the molecule is CCNC(=NCC1CCN(S(=O)(=O)C(F)(F)F)CC1)NC1CCN(C2CC2)CC1.I. The molecule has 0 spiro atoms. The van der Waals surface area contributed by atoms with Crippen molar-refractivity contribution in [3.63, 3.8) is 0 Å². The van der Waals surface area contributed by atoms with Gasteiger partial charge in [-0.3, -0.25) is 4.99 Å². The molecule has 0 atom stereocenters. The van der Waals surface area contributed by atoms with Crippen LogP contribution in [0.1, 0.15) is 45.4 Å². The lowest BCUT2D eigenvalue weighted by Crippen LogP contribution is -2.49. The number of sulfonamides is 1. The molecular formula is C18H33F3IN5O2S. The third kappa shape index (κ3) is 6.83. The van der Waals surface area contributed by atoms with Gasteiger partial charge < -0.3 is 15.5 Å². The smallest absolute Gasteiger partial charge is 0.357 e. The van der Waals surface area contributed by atoms with Crippen LogP contribution in [0.2, 0.25) is 0 Å². The average molecular weight is 567 g/mol. The molecule has 7 nitrogen and oxygen atoms in total. The van der Waals surface area contributed by atoms with E-state index >= 15 is 0 Å². The molecule has 0 aromatic heterocycles. The van der Waals surface area contributed by atoms with Gasteiger partial charge >= 0.3 is 15.5 Å². The largest absolute Gasteiger partial charge is 0.511 e. The second kappa shape index (κ2) is 11.0. The van der Waals surface area contributed by atoms with E-state index in [1.165, 1.54) is 12.8 Å². The number of hydrogen-bond acceptors (Lipinski definition) is 4. The molecule has 3 rings (SSSR count). The first-order valence-electron chi connectivity index (χ1n) is 10.6. The number of hydrogen-bond donors (Lipinski definition) is 2. The summed E-state index contributed by atoms with van der Waals surface area (Å²) in [7, 11) is -5.22. The number of likely N-dealkylation sites (tertiary alicyclic amines) is 1. The molecule has 0 amide bonds. The fourth-order valence-electron chi connectivity index (χ4n) is 4.06. The van der Waals surface area contributed by atoms with Crippen LogP contribution in [0.15, 0.2) is 4.99 Å². The minimum atomic E-state index is -5.23. The molecule has 1 aliphatic carbocycles. The van der Waals surface area contributed by atoms with Crippen molar-refractivity contribution in [3.05, 3.63) is 0 Å². The second-order valence-corrected chi connectivity index (χ2v) is 10.1. The first kappa shape index (κ1) is 25.9. The number of nitrogens with zero attached hydrogens (tertiary/aromatic N) is 3. The average Bonchev–Trinajstić information content (AvgIpc) is 3.52. The maximum absolute atomic E-state index is 12.7. The number of aliphatic imine (C=N–C) groups is 1. The minimum absolute atomic E-state index is 0. The van der Waals surface area contributed by atoms with E-state index in [0.29, 0.717) is 29.7 Å². The molecule has 0 radical (unpaired) electrons. The van der Waals surface area contributed by atoms with Crippen LogP contribution < -0.4 is 10.6 Å². The third-order valence-corrected chi connectivity index (χ3v) is 7.62. The summed E-state index contributed by atoms with van der Waals surface area (Å²) in [5.74, 6) is 0.824. The van der Waals surface area contributed by atoms with E-state index in [-0.39, 0.29) is 43.0 Å². The van der Waals surface area contributed by atoms with Crippen molar-refractivity contribution in [2.45, 2.75) is 63.0 Å². The van der Waals surface area contributed by atoms with Crippen molar-refractivity contribution in [1.82, 2.24) is 19.8 Å². The highest BCUT2D eigenvalue weighted by Crippen LogP contribution is 2.31. The van der Waals surface area contributed by atoms with Gasteiger partial charge in [0.15, 0.2) is 5.96 Å². The number of guanidine groups is 1. The fraction of sp³-hybridized carbons (Fsp3) is 0.944. The maximum atomic E-state index is 12.7. The minimum Gasteiger partial charge on any atom is -0.357 e. The predicted octanol–water partition coefficient (Wildman–Crippen LogP) is 2.35. The maximum Gasteiger partial charge on any atom is 0.511 e. The lowest BCUT2D eigenvalue weighted by molar-refractivity contribution is -0.0496. The summed E-state index contributed by atoms with van der Waals surface area (Å²) in [6.45, 7) is 5.21. The van der Waals surface area contributed by atoms with Gasteiger partial charge in [-0.1, -0.05) is 0 Å². The van der Waals surface area contributed by atoms with Crippen LogP contribution in [-0.2, 0) is 10.0 Å². The molecule has 0 aromatic rings. The summed E-state index contributed by atoms with van der Waals surface area (Å²) < 4.78 is 61.6. The van der Waals surface area contributed by atoms with Crippen LogP contribution >= 0.6 is 24.0 Å². The Morgan fingerprint density at radius 1 is 1.03 bits per heavy atom. The quantitative estimate of drug-likeness (QED) is 0.293. The third-order valence-electron chi connectivity index (χ3n) is 5.99. The monoisotopic (exact) mass is 567 g/mol. The second-order valence-electron chi connectivity index (χ2n) is 8.20. The first-order chi connectivity index (χ1) is 13.7. The normalized spacial score (nSPS) is 23.8. The van der Waals surface area contributed by atoms with E-state index in [1.54, 1.807) is 0 Å². The van der Waals surface area contributed by atoms with Crippen LogP contribution in [0, 0.1) is 5.92 Å². The van der Waals surface area contributed by atoms with Crippen molar-refractivity contribution in [2.24, 2.45) is 10.9 Å². The molecule has 30 heavy (non-hydrogen) atoms. The molecule has 0 unspecified atom stereocenters. The van der Waals surface area contributed by atoms with Crippen molar-refractivity contribution in [2.75, 3.05) is 39.3 Å². The molecule has 3 aliphatic rings. The van der Waals surface area contributed by atoms with Gasteiger partial charge in [0.05, 0.1) is 0 Å². The lowest BCUT2D eigenvalue weighted by atomic mass is 9.98. The number of halogens is 4. The number of piperidine rings is 2. The Hall–Kier alpha value is -0.340. The Balaban J connectivity index is 0.00000320. The van der Waals surface area contributed by atoms with Gasteiger partial charge in [-0.25, -0.2) is 8.42 Å². The first-order valence-corrected chi connectivity index (χ1v) is 12.0. The Morgan fingerprint density at radius 2 is 1.63 bits per heavy atom.